The van der Waals surface area contributed by atoms with Crippen LogP contribution >= 0.6 is 11.3 Å². The fourth-order valence-corrected chi connectivity index (χ4v) is 2.37. The van der Waals surface area contributed by atoms with Crippen molar-refractivity contribution in [2.24, 2.45) is 0 Å². The minimum absolute atomic E-state index is 0.702. The number of anilines is 1. The van der Waals surface area contributed by atoms with Gasteiger partial charge in [-0.2, -0.15) is 0 Å². The number of hydrogen-bond acceptors (Lipinski definition) is 5. The summed E-state index contributed by atoms with van der Waals surface area (Å²) in [5, 5.41) is 6.05. The molecule has 0 aliphatic carbocycles. The van der Waals surface area contributed by atoms with Crippen molar-refractivity contribution in [3.8, 4) is 22.8 Å². The van der Waals surface area contributed by atoms with Crippen LogP contribution in [0.2, 0.25) is 0 Å². The van der Waals surface area contributed by atoms with Gasteiger partial charge in [-0.25, -0.2) is 4.98 Å². The molecule has 0 bridgehead atoms. The number of hydrogen-bond donors (Lipinski definition) is 1. The third-order valence-corrected chi connectivity index (χ3v) is 3.38. The van der Waals surface area contributed by atoms with E-state index >= 15 is 0 Å². The second-order valence-corrected chi connectivity index (χ2v) is 4.64. The van der Waals surface area contributed by atoms with Crippen LogP contribution in [0.3, 0.4) is 0 Å². The predicted octanol–water partition coefficient (Wildman–Crippen LogP) is 3.43. The van der Waals surface area contributed by atoms with E-state index in [-0.39, 0.29) is 0 Å². The van der Waals surface area contributed by atoms with Crippen molar-refractivity contribution >= 4 is 16.5 Å². The van der Waals surface area contributed by atoms with E-state index in [1.54, 1.807) is 31.6 Å². The first-order valence-electron chi connectivity index (χ1n) is 5.81. The van der Waals surface area contributed by atoms with E-state index in [0.29, 0.717) is 18.0 Å². The normalized spacial score (nSPS) is 10.0. The zero-order valence-electron chi connectivity index (χ0n) is 11.0. The molecule has 0 aliphatic rings. The van der Waals surface area contributed by atoms with E-state index < -0.39 is 0 Å². The molecule has 0 saturated carbocycles. The first kappa shape index (κ1) is 13.4. The Labute approximate surface area is 116 Å². The van der Waals surface area contributed by atoms with Gasteiger partial charge < -0.3 is 14.8 Å². The van der Waals surface area contributed by atoms with Crippen LogP contribution in [-0.2, 0) is 0 Å². The van der Waals surface area contributed by atoms with Gasteiger partial charge in [0.2, 0.25) is 0 Å². The summed E-state index contributed by atoms with van der Waals surface area (Å²) in [6.07, 6.45) is 1.80. The van der Waals surface area contributed by atoms with E-state index in [1.165, 1.54) is 0 Å². The molecule has 0 atom stereocenters. The number of rotatable bonds is 6. The summed E-state index contributed by atoms with van der Waals surface area (Å²) in [7, 11) is 3.25. The van der Waals surface area contributed by atoms with Crippen molar-refractivity contribution in [2.45, 2.75) is 0 Å². The molecule has 0 fully saturated rings. The van der Waals surface area contributed by atoms with Gasteiger partial charge in [-0.15, -0.1) is 17.9 Å². The van der Waals surface area contributed by atoms with Crippen molar-refractivity contribution in [1.82, 2.24) is 4.98 Å². The lowest BCUT2D eigenvalue weighted by Gasteiger charge is -2.08. The van der Waals surface area contributed by atoms with Gasteiger partial charge in [0.1, 0.15) is 0 Å². The average molecular weight is 276 g/mol. The fraction of sp³-hybridized carbons (Fsp3) is 0.214. The Morgan fingerprint density at radius 1 is 1.32 bits per heavy atom. The van der Waals surface area contributed by atoms with Crippen molar-refractivity contribution in [3.63, 3.8) is 0 Å². The van der Waals surface area contributed by atoms with Gasteiger partial charge in [0.25, 0.3) is 0 Å². The molecular weight excluding hydrogens is 260 g/mol. The molecule has 0 aliphatic heterocycles. The Kier molecular flexibility index (Phi) is 4.41. The van der Waals surface area contributed by atoms with Crippen LogP contribution in [0.15, 0.2) is 36.2 Å². The zero-order chi connectivity index (χ0) is 13.7. The van der Waals surface area contributed by atoms with Crippen molar-refractivity contribution < 1.29 is 9.47 Å². The fourth-order valence-electron chi connectivity index (χ4n) is 1.64. The highest BCUT2D eigenvalue weighted by atomic mass is 32.1. The summed E-state index contributed by atoms with van der Waals surface area (Å²) >= 11 is 1.57. The van der Waals surface area contributed by atoms with Gasteiger partial charge in [0, 0.05) is 17.5 Å². The zero-order valence-corrected chi connectivity index (χ0v) is 11.8. The standard InChI is InChI=1S/C14H16N2O2S/c1-4-7-15-14-16-11(9-19-14)10-5-6-12(17-2)13(8-10)18-3/h4-6,8-9H,1,7H2,2-3H3,(H,15,16). The lowest BCUT2D eigenvalue weighted by Crippen LogP contribution is -1.96. The highest BCUT2D eigenvalue weighted by molar-refractivity contribution is 7.14. The van der Waals surface area contributed by atoms with Crippen LogP contribution < -0.4 is 14.8 Å². The van der Waals surface area contributed by atoms with Crippen LogP contribution in [0, 0.1) is 0 Å². The molecular formula is C14H16N2O2S. The number of thiazole rings is 1. The van der Waals surface area contributed by atoms with Gasteiger partial charge in [-0.3, -0.25) is 0 Å². The number of ether oxygens (including phenoxy) is 2. The van der Waals surface area contributed by atoms with Crippen LogP contribution in [-0.4, -0.2) is 25.7 Å². The summed E-state index contributed by atoms with van der Waals surface area (Å²) in [6, 6.07) is 5.77. The van der Waals surface area contributed by atoms with Gasteiger partial charge in [0.15, 0.2) is 16.6 Å². The second-order valence-electron chi connectivity index (χ2n) is 3.78. The van der Waals surface area contributed by atoms with E-state index in [0.717, 1.165) is 16.4 Å². The number of nitrogens with zero attached hydrogens (tertiary/aromatic N) is 1. The molecule has 0 spiro atoms. The number of methoxy groups -OCH3 is 2. The Balaban J connectivity index is 2.26. The maximum absolute atomic E-state index is 5.29. The van der Waals surface area contributed by atoms with Gasteiger partial charge >= 0.3 is 0 Å². The van der Waals surface area contributed by atoms with Gasteiger partial charge in [-0.1, -0.05) is 6.08 Å². The summed E-state index contributed by atoms with van der Waals surface area (Å²) in [5.74, 6) is 1.42. The Hall–Kier alpha value is -2.01. The van der Waals surface area contributed by atoms with E-state index in [9.17, 15) is 0 Å². The Morgan fingerprint density at radius 3 is 2.79 bits per heavy atom. The lowest BCUT2D eigenvalue weighted by atomic mass is 10.1. The van der Waals surface area contributed by atoms with Crippen LogP contribution in [0.1, 0.15) is 0 Å². The summed E-state index contributed by atoms with van der Waals surface area (Å²) in [4.78, 5) is 4.51. The van der Waals surface area contributed by atoms with E-state index in [4.69, 9.17) is 9.47 Å². The molecule has 0 unspecified atom stereocenters. The second kappa shape index (κ2) is 6.24. The molecule has 100 valence electrons. The molecule has 1 aromatic carbocycles. The molecule has 5 heteroatoms. The first-order valence-corrected chi connectivity index (χ1v) is 6.69. The molecule has 0 amide bonds. The molecule has 0 radical (unpaired) electrons. The van der Waals surface area contributed by atoms with E-state index in [1.807, 2.05) is 23.6 Å². The smallest absolute Gasteiger partial charge is 0.183 e. The summed E-state index contributed by atoms with van der Waals surface area (Å²) in [6.45, 7) is 4.37. The number of nitrogens with one attached hydrogen (secondary N) is 1. The number of benzene rings is 1. The SMILES string of the molecule is C=CCNc1nc(-c2ccc(OC)c(OC)c2)cs1. The highest BCUT2D eigenvalue weighted by Gasteiger charge is 2.08. The Morgan fingerprint density at radius 2 is 2.11 bits per heavy atom. The van der Waals surface area contributed by atoms with Gasteiger partial charge in [-0.05, 0) is 18.2 Å². The molecule has 1 heterocycles. The quantitative estimate of drug-likeness (QED) is 0.821. The monoisotopic (exact) mass is 276 g/mol. The van der Waals surface area contributed by atoms with E-state index in [2.05, 4.69) is 16.9 Å². The van der Waals surface area contributed by atoms with Crippen molar-refractivity contribution in [1.29, 1.82) is 0 Å². The molecule has 1 aromatic heterocycles. The van der Waals surface area contributed by atoms with Crippen LogP contribution in [0.25, 0.3) is 11.3 Å². The molecule has 1 N–H and O–H groups in total. The van der Waals surface area contributed by atoms with Crippen molar-refractivity contribution in [3.05, 3.63) is 36.2 Å². The molecule has 2 aromatic rings. The molecule has 19 heavy (non-hydrogen) atoms. The third kappa shape index (κ3) is 3.06. The Bertz CT molecular complexity index is 566. The highest BCUT2D eigenvalue weighted by Crippen LogP contribution is 2.33. The minimum Gasteiger partial charge on any atom is -0.493 e. The average Bonchev–Trinajstić information content (AvgIpc) is 2.93. The third-order valence-electron chi connectivity index (χ3n) is 2.58. The molecule has 2 rings (SSSR count). The largest absolute Gasteiger partial charge is 0.493 e. The molecule has 0 saturated heterocycles. The summed E-state index contributed by atoms with van der Waals surface area (Å²) < 4.78 is 10.5. The predicted molar refractivity (Wildman–Crippen MR) is 79.3 cm³/mol. The van der Waals surface area contributed by atoms with Crippen LogP contribution in [0.4, 0.5) is 5.13 Å². The van der Waals surface area contributed by atoms with Gasteiger partial charge in [0.05, 0.1) is 19.9 Å². The maximum Gasteiger partial charge on any atom is 0.183 e. The number of aromatic nitrogens is 1. The topological polar surface area (TPSA) is 43.4 Å². The minimum atomic E-state index is 0.702. The summed E-state index contributed by atoms with van der Waals surface area (Å²) in [5.41, 5.74) is 1.91. The lowest BCUT2D eigenvalue weighted by molar-refractivity contribution is 0.355. The van der Waals surface area contributed by atoms with Crippen molar-refractivity contribution in [2.75, 3.05) is 26.1 Å². The first-order chi connectivity index (χ1) is 9.28. The molecule has 4 nitrogen and oxygen atoms in total. The van der Waals surface area contributed by atoms with Crippen LogP contribution in [0.5, 0.6) is 11.5 Å². The maximum atomic E-state index is 5.29.